The van der Waals surface area contributed by atoms with Gasteiger partial charge in [0.25, 0.3) is 0 Å². The van der Waals surface area contributed by atoms with E-state index in [-0.39, 0.29) is 10.8 Å². The molecule has 1 N–H and O–H groups in total. The number of amides is 1. The van der Waals surface area contributed by atoms with Crippen molar-refractivity contribution in [3.8, 4) is 0 Å². The molecule has 9 heteroatoms. The van der Waals surface area contributed by atoms with Gasteiger partial charge in [-0.2, -0.15) is 4.31 Å². The van der Waals surface area contributed by atoms with E-state index in [2.05, 4.69) is 21.7 Å². The van der Waals surface area contributed by atoms with Gasteiger partial charge in [0, 0.05) is 37.1 Å². The van der Waals surface area contributed by atoms with Crippen molar-refractivity contribution in [3.63, 3.8) is 0 Å². The third-order valence-electron chi connectivity index (χ3n) is 5.37. The zero-order valence-electron chi connectivity index (χ0n) is 16.8. The predicted octanol–water partition coefficient (Wildman–Crippen LogP) is 2.05. The molecule has 1 aromatic carbocycles. The van der Waals surface area contributed by atoms with Crippen LogP contribution in [0.1, 0.15) is 23.3 Å². The molecule has 2 heterocycles. The molecule has 2 aromatic rings. The second-order valence-electron chi connectivity index (χ2n) is 7.65. The van der Waals surface area contributed by atoms with E-state index >= 15 is 0 Å². The van der Waals surface area contributed by atoms with Gasteiger partial charge in [0.05, 0.1) is 24.7 Å². The van der Waals surface area contributed by atoms with Crippen LogP contribution in [0.15, 0.2) is 46.7 Å². The molecule has 30 heavy (non-hydrogen) atoms. The molecule has 1 amide bonds. The number of carbonyl (C=O) groups is 1. The molecule has 0 radical (unpaired) electrons. The molecule has 0 atom stereocenters. The Balaban J connectivity index is 1.29. The molecule has 0 spiro atoms. The van der Waals surface area contributed by atoms with Crippen molar-refractivity contribution in [1.29, 1.82) is 0 Å². The summed E-state index contributed by atoms with van der Waals surface area (Å²) >= 11 is 1.71. The summed E-state index contributed by atoms with van der Waals surface area (Å²) in [4.78, 5) is 16.2. The summed E-state index contributed by atoms with van der Waals surface area (Å²) in [7, 11) is -3.49. The zero-order valence-corrected chi connectivity index (χ0v) is 18.5. The lowest BCUT2D eigenvalue weighted by Gasteiger charge is -2.26. The highest BCUT2D eigenvalue weighted by molar-refractivity contribution is 7.89. The fourth-order valence-corrected chi connectivity index (χ4v) is 5.65. The molecule has 0 bridgehead atoms. The van der Waals surface area contributed by atoms with E-state index in [0.29, 0.717) is 45.4 Å². The maximum Gasteiger partial charge on any atom is 0.243 e. The molecule has 4 rings (SSSR count). The highest BCUT2D eigenvalue weighted by Crippen LogP contribution is 2.28. The van der Waals surface area contributed by atoms with E-state index in [1.807, 2.05) is 6.07 Å². The minimum Gasteiger partial charge on any atom is -0.379 e. The van der Waals surface area contributed by atoms with E-state index in [9.17, 15) is 13.2 Å². The summed E-state index contributed by atoms with van der Waals surface area (Å²) in [5.74, 6) is -0.0107. The quantitative estimate of drug-likeness (QED) is 0.634. The highest BCUT2D eigenvalue weighted by Gasteiger charge is 2.30. The number of carbonyl (C=O) groups excluding carboxylic acids is 1. The summed E-state index contributed by atoms with van der Waals surface area (Å²) in [6.45, 7) is 3.18. The minimum absolute atomic E-state index is 0.0107. The van der Waals surface area contributed by atoms with Gasteiger partial charge < -0.3 is 10.1 Å². The average molecular weight is 450 g/mol. The van der Waals surface area contributed by atoms with Gasteiger partial charge in [-0.25, -0.2) is 8.42 Å². The van der Waals surface area contributed by atoms with Crippen LogP contribution in [0.5, 0.6) is 0 Å². The van der Waals surface area contributed by atoms with Crippen molar-refractivity contribution in [2.75, 3.05) is 32.8 Å². The van der Waals surface area contributed by atoms with Crippen LogP contribution in [0.2, 0.25) is 0 Å². The molecular weight excluding hydrogens is 422 g/mol. The first-order valence-corrected chi connectivity index (χ1v) is 12.5. The number of benzene rings is 1. The van der Waals surface area contributed by atoms with E-state index in [1.54, 1.807) is 35.6 Å². The fraction of sp³-hybridized carbons (Fsp3) is 0.476. The number of thiophene rings is 1. The summed E-state index contributed by atoms with van der Waals surface area (Å²) in [6.07, 6.45) is 2.30. The zero-order chi connectivity index (χ0) is 21.0. The topological polar surface area (TPSA) is 79.0 Å². The number of nitrogens with one attached hydrogen (secondary N) is 1. The minimum atomic E-state index is -3.49. The van der Waals surface area contributed by atoms with Crippen molar-refractivity contribution >= 4 is 27.3 Å². The standard InChI is InChI=1S/C21H27N3O4S2/c25-21(16-23(18-5-6-18)15-19-2-1-13-29-19)22-14-17-3-7-20(8-4-17)30(26,27)24-9-11-28-12-10-24/h1-4,7-8,13,18H,5-6,9-12,14-16H2,(H,22,25). The Hall–Kier alpha value is -1.78. The van der Waals surface area contributed by atoms with Gasteiger partial charge in [0.15, 0.2) is 0 Å². The van der Waals surface area contributed by atoms with Crippen molar-refractivity contribution in [1.82, 2.24) is 14.5 Å². The van der Waals surface area contributed by atoms with Gasteiger partial charge >= 0.3 is 0 Å². The van der Waals surface area contributed by atoms with E-state index in [0.717, 1.165) is 24.9 Å². The van der Waals surface area contributed by atoms with Crippen LogP contribution in [0.25, 0.3) is 0 Å². The Morgan fingerprint density at radius 3 is 2.53 bits per heavy atom. The second-order valence-corrected chi connectivity index (χ2v) is 10.6. The molecule has 0 unspecified atom stereocenters. The molecule has 2 fully saturated rings. The number of hydrogen-bond donors (Lipinski definition) is 1. The van der Waals surface area contributed by atoms with Gasteiger partial charge in [-0.3, -0.25) is 9.69 Å². The maximum absolute atomic E-state index is 12.7. The molecule has 1 aromatic heterocycles. The monoisotopic (exact) mass is 449 g/mol. The maximum atomic E-state index is 12.7. The van der Waals surface area contributed by atoms with E-state index < -0.39 is 10.0 Å². The Kier molecular flexibility index (Phi) is 6.84. The van der Waals surface area contributed by atoms with Crippen LogP contribution in [-0.4, -0.2) is 62.4 Å². The lowest BCUT2D eigenvalue weighted by atomic mass is 10.2. The first-order chi connectivity index (χ1) is 14.5. The van der Waals surface area contributed by atoms with Crippen molar-refractivity contribution < 1.29 is 17.9 Å². The highest BCUT2D eigenvalue weighted by atomic mass is 32.2. The van der Waals surface area contributed by atoms with Gasteiger partial charge in [-0.1, -0.05) is 18.2 Å². The number of nitrogens with zero attached hydrogens (tertiary/aromatic N) is 2. The smallest absolute Gasteiger partial charge is 0.243 e. The molecule has 1 aliphatic carbocycles. The SMILES string of the molecule is O=C(CN(Cc1cccs1)C1CC1)NCc1ccc(S(=O)(=O)N2CCOCC2)cc1. The molecule has 2 aliphatic rings. The molecule has 7 nitrogen and oxygen atoms in total. The van der Waals surface area contributed by atoms with Gasteiger partial charge in [-0.15, -0.1) is 11.3 Å². The van der Waals surface area contributed by atoms with Gasteiger partial charge in [0.2, 0.25) is 15.9 Å². The van der Waals surface area contributed by atoms with Crippen molar-refractivity contribution in [2.45, 2.75) is 36.9 Å². The summed E-state index contributed by atoms with van der Waals surface area (Å²) < 4.78 is 32.0. The first kappa shape index (κ1) is 21.5. The predicted molar refractivity (Wildman–Crippen MR) is 116 cm³/mol. The molecule has 1 saturated heterocycles. The lowest BCUT2D eigenvalue weighted by molar-refractivity contribution is -0.122. The summed E-state index contributed by atoms with van der Waals surface area (Å²) in [5, 5.41) is 5.02. The van der Waals surface area contributed by atoms with Crippen LogP contribution in [0.4, 0.5) is 0 Å². The Morgan fingerprint density at radius 1 is 1.17 bits per heavy atom. The van der Waals surface area contributed by atoms with Crippen LogP contribution in [-0.2, 0) is 32.6 Å². The number of morpholine rings is 1. The van der Waals surface area contributed by atoms with Crippen LogP contribution in [0.3, 0.4) is 0 Å². The average Bonchev–Trinajstić information content (AvgIpc) is 3.49. The van der Waals surface area contributed by atoms with E-state index in [1.165, 1.54) is 9.18 Å². The third-order valence-corrected chi connectivity index (χ3v) is 8.14. The van der Waals surface area contributed by atoms with Gasteiger partial charge in [0.1, 0.15) is 0 Å². The Bertz CT molecular complexity index is 935. The fourth-order valence-electron chi connectivity index (χ4n) is 3.51. The first-order valence-electron chi connectivity index (χ1n) is 10.2. The Morgan fingerprint density at radius 2 is 1.90 bits per heavy atom. The molecule has 162 valence electrons. The summed E-state index contributed by atoms with van der Waals surface area (Å²) in [6, 6.07) is 11.4. The number of rotatable bonds is 9. The summed E-state index contributed by atoms with van der Waals surface area (Å²) in [5.41, 5.74) is 0.875. The molecular formula is C21H27N3O4S2. The normalized spacial score (nSPS) is 17.9. The molecule has 1 saturated carbocycles. The molecule has 1 aliphatic heterocycles. The van der Waals surface area contributed by atoms with Crippen molar-refractivity contribution in [3.05, 3.63) is 52.2 Å². The second kappa shape index (κ2) is 9.57. The largest absolute Gasteiger partial charge is 0.379 e. The third kappa shape index (κ3) is 5.47. The number of ether oxygens (including phenoxy) is 1. The van der Waals surface area contributed by atoms with Crippen molar-refractivity contribution in [2.24, 2.45) is 0 Å². The van der Waals surface area contributed by atoms with Crippen LogP contribution < -0.4 is 5.32 Å². The van der Waals surface area contributed by atoms with E-state index in [4.69, 9.17) is 4.74 Å². The Labute approximate surface area is 181 Å². The van der Waals surface area contributed by atoms with Crippen LogP contribution >= 0.6 is 11.3 Å². The lowest BCUT2D eigenvalue weighted by Crippen LogP contribution is -2.40. The number of hydrogen-bond acceptors (Lipinski definition) is 6. The number of sulfonamides is 1. The van der Waals surface area contributed by atoms with Gasteiger partial charge in [-0.05, 0) is 42.0 Å². The van der Waals surface area contributed by atoms with Crippen LogP contribution in [0, 0.1) is 0 Å².